The molecule has 4 aliphatic carbocycles. The van der Waals surface area contributed by atoms with Crippen LogP contribution >= 0.6 is 11.6 Å². The molecule has 206 valence electrons. The third-order valence-electron chi connectivity index (χ3n) is 11.8. The predicted octanol–water partition coefficient (Wildman–Crippen LogP) is 1.93. The first-order chi connectivity index (χ1) is 17.0. The third kappa shape index (κ3) is 3.03. The Kier molecular flexibility index (Phi) is 5.99. The molecule has 10 atom stereocenters. The lowest BCUT2D eigenvalue weighted by Crippen LogP contribution is -2.75. The van der Waals surface area contributed by atoms with Crippen LogP contribution < -0.4 is 0 Å². The highest BCUT2D eigenvalue weighted by atomic mass is 35.5. The molecular weight excluding hydrogens is 500 g/mol. The van der Waals surface area contributed by atoms with Crippen LogP contribution in [0.5, 0.6) is 0 Å². The number of aliphatic hydroxyl groups is 5. The summed E-state index contributed by atoms with van der Waals surface area (Å²) < 4.78 is 5.56. The Hall–Kier alpha value is -1.29. The van der Waals surface area contributed by atoms with Crippen molar-refractivity contribution in [3.63, 3.8) is 0 Å². The zero-order valence-corrected chi connectivity index (χ0v) is 22.7. The van der Waals surface area contributed by atoms with Crippen LogP contribution in [0.25, 0.3) is 0 Å². The number of esters is 1. The molecule has 0 spiro atoms. The molecule has 0 aromatic heterocycles. The van der Waals surface area contributed by atoms with Gasteiger partial charge in [0, 0.05) is 17.4 Å². The van der Waals surface area contributed by atoms with Crippen LogP contribution in [-0.2, 0) is 14.3 Å². The molecule has 5 rings (SSSR count). The molecule has 1 aliphatic heterocycles. The number of carbonyl (C=O) groups excluding carboxylic acids is 2. The molecule has 5 N–H and O–H groups in total. The van der Waals surface area contributed by atoms with Crippen LogP contribution in [0.1, 0.15) is 72.6 Å². The van der Waals surface area contributed by atoms with E-state index in [1.165, 1.54) is 13.0 Å². The number of aliphatic hydroxyl groups excluding tert-OH is 2. The first-order valence-corrected chi connectivity index (χ1v) is 13.7. The Bertz CT molecular complexity index is 1100. The predicted molar refractivity (Wildman–Crippen MR) is 134 cm³/mol. The van der Waals surface area contributed by atoms with Crippen molar-refractivity contribution in [3.8, 4) is 0 Å². The first kappa shape index (κ1) is 27.3. The number of hydrogen-bond acceptors (Lipinski definition) is 8. The Balaban J connectivity index is 1.55. The fourth-order valence-corrected chi connectivity index (χ4v) is 9.42. The van der Waals surface area contributed by atoms with E-state index < -0.39 is 56.6 Å². The Morgan fingerprint density at radius 2 is 1.84 bits per heavy atom. The summed E-state index contributed by atoms with van der Waals surface area (Å²) in [5.74, 6) is -1.68. The van der Waals surface area contributed by atoms with Gasteiger partial charge in [-0.25, -0.2) is 4.79 Å². The van der Waals surface area contributed by atoms with Crippen molar-refractivity contribution in [2.24, 2.45) is 22.7 Å². The molecule has 3 fully saturated rings. The average Bonchev–Trinajstić information content (AvgIpc) is 3.06. The number of ketones is 1. The maximum atomic E-state index is 13.3. The first-order valence-electron chi connectivity index (χ1n) is 13.3. The fourth-order valence-electron chi connectivity index (χ4n) is 9.01. The number of ether oxygens (including phenoxy) is 1. The highest BCUT2D eigenvalue weighted by Crippen LogP contribution is 2.72. The van der Waals surface area contributed by atoms with Gasteiger partial charge < -0.3 is 30.3 Å². The molecule has 0 radical (unpaired) electrons. The molecule has 9 heteroatoms. The minimum absolute atomic E-state index is 0.0358. The summed E-state index contributed by atoms with van der Waals surface area (Å²) in [6.07, 6.45) is 2.58. The summed E-state index contributed by atoms with van der Waals surface area (Å²) in [5, 5.41) is 57.7. The van der Waals surface area contributed by atoms with E-state index in [9.17, 15) is 35.1 Å². The Morgan fingerprint density at radius 3 is 2.49 bits per heavy atom. The van der Waals surface area contributed by atoms with Gasteiger partial charge >= 0.3 is 5.97 Å². The van der Waals surface area contributed by atoms with Gasteiger partial charge in [0.1, 0.15) is 17.3 Å². The second-order valence-corrected chi connectivity index (χ2v) is 13.5. The van der Waals surface area contributed by atoms with Gasteiger partial charge in [0.2, 0.25) is 0 Å². The normalized spacial score (nSPS) is 51.2. The molecule has 37 heavy (non-hydrogen) atoms. The third-order valence-corrected chi connectivity index (χ3v) is 12.6. The van der Waals surface area contributed by atoms with Gasteiger partial charge in [-0.3, -0.25) is 4.79 Å². The molecule has 1 heterocycles. The monoisotopic (exact) mass is 538 g/mol. The van der Waals surface area contributed by atoms with E-state index in [1.54, 1.807) is 26.8 Å². The molecule has 0 amide bonds. The van der Waals surface area contributed by atoms with E-state index in [2.05, 4.69) is 0 Å². The molecule has 0 aromatic rings. The van der Waals surface area contributed by atoms with Gasteiger partial charge in [0.15, 0.2) is 5.78 Å². The van der Waals surface area contributed by atoms with E-state index in [0.29, 0.717) is 24.8 Å². The van der Waals surface area contributed by atoms with Crippen molar-refractivity contribution in [3.05, 3.63) is 23.3 Å². The summed E-state index contributed by atoms with van der Waals surface area (Å²) in [6.45, 7) is 6.17. The molecule has 0 bridgehead atoms. The smallest absolute Gasteiger partial charge is 0.334 e. The Labute approximate surface area is 222 Å². The second kappa shape index (κ2) is 8.12. The van der Waals surface area contributed by atoms with E-state index in [-0.39, 0.29) is 49.6 Å². The zero-order chi connectivity index (χ0) is 27.4. The number of halogens is 1. The number of rotatable bonds is 3. The highest BCUT2D eigenvalue weighted by Gasteiger charge is 2.78. The summed E-state index contributed by atoms with van der Waals surface area (Å²) >= 11 is 7.02. The van der Waals surface area contributed by atoms with Crippen molar-refractivity contribution in [1.29, 1.82) is 0 Å². The van der Waals surface area contributed by atoms with Gasteiger partial charge in [-0.2, -0.15) is 0 Å². The summed E-state index contributed by atoms with van der Waals surface area (Å²) in [7, 11) is 0. The minimum Gasteiger partial charge on any atom is -0.455 e. The van der Waals surface area contributed by atoms with Gasteiger partial charge in [-0.15, -0.1) is 11.6 Å². The molecular formula is C28H39ClO8. The maximum absolute atomic E-state index is 13.3. The van der Waals surface area contributed by atoms with Crippen molar-refractivity contribution < 1.29 is 39.9 Å². The standard InChI is InChI=1S/C28H39ClO8/c1-15-16(14-30)12-21(37-22(15)33)25(4,34)28(36)11-10-27(35)18-13-20(32)26(29)8-5-6-19(31)24(26,3)17(18)7-9-23(27,28)2/h5-6,17-18,20-21,30,32,34-36H,7-14H2,1-4H3/t17-,18+,20+,21?,23-,24-,25+,26-,27+,28-/m0/s1. The molecule has 0 aromatic carbocycles. The fraction of sp³-hybridized carbons (Fsp3) is 0.786. The topological polar surface area (TPSA) is 145 Å². The highest BCUT2D eigenvalue weighted by molar-refractivity contribution is 6.28. The van der Waals surface area contributed by atoms with Gasteiger partial charge in [-0.1, -0.05) is 19.9 Å². The molecule has 8 nitrogen and oxygen atoms in total. The number of fused-ring (bicyclic) bond motifs is 5. The summed E-state index contributed by atoms with van der Waals surface area (Å²) in [4.78, 5) is 24.6. The number of alkyl halides is 1. The number of carbonyl (C=O) groups is 2. The van der Waals surface area contributed by atoms with Crippen LogP contribution in [0.2, 0.25) is 0 Å². The van der Waals surface area contributed by atoms with E-state index >= 15 is 0 Å². The van der Waals surface area contributed by atoms with Crippen LogP contribution in [0.4, 0.5) is 0 Å². The molecule has 3 saturated carbocycles. The van der Waals surface area contributed by atoms with Crippen LogP contribution in [-0.4, -0.2) is 77.8 Å². The largest absolute Gasteiger partial charge is 0.455 e. The zero-order valence-electron chi connectivity index (χ0n) is 22.0. The average molecular weight is 539 g/mol. The summed E-state index contributed by atoms with van der Waals surface area (Å²) in [5.41, 5.74) is -6.91. The van der Waals surface area contributed by atoms with Gasteiger partial charge in [-0.05, 0) is 75.9 Å². The lowest BCUT2D eigenvalue weighted by atomic mass is 9.42. The van der Waals surface area contributed by atoms with Crippen molar-refractivity contribution in [1.82, 2.24) is 0 Å². The van der Waals surface area contributed by atoms with E-state index in [1.807, 2.05) is 0 Å². The summed E-state index contributed by atoms with van der Waals surface area (Å²) in [6, 6.07) is 0. The maximum Gasteiger partial charge on any atom is 0.334 e. The van der Waals surface area contributed by atoms with Crippen LogP contribution in [0, 0.1) is 22.7 Å². The van der Waals surface area contributed by atoms with Crippen molar-refractivity contribution >= 4 is 23.4 Å². The minimum atomic E-state index is -1.95. The number of allylic oxidation sites excluding steroid dienone is 2. The van der Waals surface area contributed by atoms with E-state index in [0.717, 1.165) is 0 Å². The van der Waals surface area contributed by atoms with Crippen LogP contribution in [0.3, 0.4) is 0 Å². The van der Waals surface area contributed by atoms with Crippen molar-refractivity contribution in [2.45, 2.75) is 107 Å². The Morgan fingerprint density at radius 1 is 1.16 bits per heavy atom. The van der Waals surface area contributed by atoms with Crippen molar-refractivity contribution in [2.75, 3.05) is 6.61 Å². The number of cyclic esters (lactones) is 1. The quantitative estimate of drug-likeness (QED) is 0.271. The second-order valence-electron chi connectivity index (χ2n) is 12.8. The van der Waals surface area contributed by atoms with Crippen LogP contribution in [0.15, 0.2) is 23.3 Å². The lowest BCUT2D eigenvalue weighted by molar-refractivity contribution is -0.287. The lowest BCUT2D eigenvalue weighted by Gasteiger charge is -2.66. The molecule has 0 saturated heterocycles. The molecule has 1 unspecified atom stereocenters. The van der Waals surface area contributed by atoms with Gasteiger partial charge in [0.25, 0.3) is 0 Å². The number of hydrogen-bond donors (Lipinski definition) is 5. The van der Waals surface area contributed by atoms with E-state index in [4.69, 9.17) is 16.3 Å². The SMILES string of the molecule is CC1=C(CO)CC([C@@](C)(O)[C@]2(O)CC[C@@]3(O)[C@@H]4C[C@@H](O)[C@@]5(Cl)CC=CC(=O)[C@]5(C)[C@H]4CC[C@]23C)OC1=O. The molecule has 5 aliphatic rings. The van der Waals surface area contributed by atoms with Gasteiger partial charge in [0.05, 0.1) is 28.6 Å².